The molecule has 2 atom stereocenters. The van der Waals surface area contributed by atoms with Crippen molar-refractivity contribution < 1.29 is 14.6 Å². The Labute approximate surface area is 167 Å². The van der Waals surface area contributed by atoms with E-state index in [0.29, 0.717) is 28.7 Å². The van der Waals surface area contributed by atoms with Crippen molar-refractivity contribution in [3.05, 3.63) is 39.4 Å². The van der Waals surface area contributed by atoms with Crippen LogP contribution in [0.3, 0.4) is 0 Å². The number of aliphatic hydroxyl groups is 2. The van der Waals surface area contributed by atoms with Crippen molar-refractivity contribution >= 4 is 16.6 Å². The minimum absolute atomic E-state index is 0.107. The van der Waals surface area contributed by atoms with Crippen LogP contribution in [0.15, 0.2) is 17.1 Å². The van der Waals surface area contributed by atoms with Gasteiger partial charge in [0.2, 0.25) is 0 Å². The van der Waals surface area contributed by atoms with Gasteiger partial charge in [0.25, 0.3) is 0 Å². The number of aromatic nitrogens is 1. The molecule has 29 heavy (non-hydrogen) atoms. The van der Waals surface area contributed by atoms with Gasteiger partial charge in [0.15, 0.2) is 11.7 Å². The van der Waals surface area contributed by atoms with Crippen LogP contribution in [-0.4, -0.2) is 40.5 Å². The van der Waals surface area contributed by atoms with Crippen molar-refractivity contribution in [3.8, 4) is 0 Å². The van der Waals surface area contributed by atoms with Gasteiger partial charge in [0.05, 0.1) is 16.8 Å². The number of aliphatic hydroxyl groups excluding tert-OH is 1. The molecule has 3 heterocycles. The van der Waals surface area contributed by atoms with Gasteiger partial charge in [-0.1, -0.05) is 0 Å². The van der Waals surface area contributed by atoms with Crippen LogP contribution in [0.25, 0.3) is 10.9 Å². The molecule has 0 bridgehead atoms. The Kier molecular flexibility index (Phi) is 4.62. The molecular formula is C21H27FN4O3. The summed E-state index contributed by atoms with van der Waals surface area (Å²) in [5.74, 6) is 0.0163. The van der Waals surface area contributed by atoms with Gasteiger partial charge in [-0.3, -0.25) is 4.79 Å². The van der Waals surface area contributed by atoms with Gasteiger partial charge < -0.3 is 30.7 Å². The van der Waals surface area contributed by atoms with Crippen molar-refractivity contribution in [1.82, 2.24) is 9.88 Å². The van der Waals surface area contributed by atoms with Crippen LogP contribution in [0.2, 0.25) is 0 Å². The second-order valence-corrected chi connectivity index (χ2v) is 8.58. The molecule has 8 heteroatoms. The summed E-state index contributed by atoms with van der Waals surface area (Å²) in [5.41, 5.74) is 7.18. The lowest BCUT2D eigenvalue weighted by atomic mass is 9.94. The lowest BCUT2D eigenvalue weighted by Crippen LogP contribution is -2.40. The van der Waals surface area contributed by atoms with E-state index in [1.54, 1.807) is 0 Å². The van der Waals surface area contributed by atoms with Crippen LogP contribution in [-0.2, 0) is 6.54 Å². The molecule has 1 aromatic carbocycles. The summed E-state index contributed by atoms with van der Waals surface area (Å²) in [7, 11) is 0. The van der Waals surface area contributed by atoms with E-state index >= 15 is 4.39 Å². The van der Waals surface area contributed by atoms with Crippen LogP contribution < -0.4 is 21.4 Å². The van der Waals surface area contributed by atoms with Gasteiger partial charge in [-0.15, -0.1) is 0 Å². The summed E-state index contributed by atoms with van der Waals surface area (Å²) >= 11 is 0. The van der Waals surface area contributed by atoms with Gasteiger partial charge in [0, 0.05) is 48.9 Å². The Hall–Kier alpha value is -2.00. The maximum Gasteiger partial charge on any atom is 0.197 e. The molecule has 1 saturated carbocycles. The summed E-state index contributed by atoms with van der Waals surface area (Å²) < 4.78 is 17.3. The number of rotatable bonds is 4. The zero-order chi connectivity index (χ0) is 20.3. The molecule has 0 radical (unpaired) electrons. The molecular weight excluding hydrogens is 375 g/mol. The third-order valence-electron chi connectivity index (χ3n) is 6.71. The normalized spacial score (nSPS) is 24.5. The highest BCUT2D eigenvalue weighted by molar-refractivity contribution is 5.88. The van der Waals surface area contributed by atoms with Gasteiger partial charge in [0.1, 0.15) is 5.82 Å². The number of nitrogens with zero attached hydrogens (tertiary/aromatic N) is 2. The van der Waals surface area contributed by atoms with E-state index in [1.165, 1.54) is 12.3 Å². The van der Waals surface area contributed by atoms with Crippen molar-refractivity contribution in [1.29, 1.82) is 0 Å². The van der Waals surface area contributed by atoms with E-state index < -0.39 is 17.5 Å². The monoisotopic (exact) mass is 402 g/mol. The number of hydrogen-bond acceptors (Lipinski definition) is 6. The predicted molar refractivity (Wildman–Crippen MR) is 108 cm³/mol. The fraction of sp³-hybridized carbons (Fsp3) is 0.571. The lowest BCUT2D eigenvalue weighted by Gasteiger charge is -2.25. The van der Waals surface area contributed by atoms with Crippen LogP contribution in [0.4, 0.5) is 10.1 Å². The molecule has 5 rings (SSSR count). The van der Waals surface area contributed by atoms with Crippen molar-refractivity contribution in [2.45, 2.75) is 50.6 Å². The van der Waals surface area contributed by atoms with Gasteiger partial charge >= 0.3 is 0 Å². The molecule has 0 spiro atoms. The molecule has 7 nitrogen and oxygen atoms in total. The number of pyridine rings is 1. The zero-order valence-electron chi connectivity index (χ0n) is 16.3. The Morgan fingerprint density at radius 3 is 2.72 bits per heavy atom. The Morgan fingerprint density at radius 2 is 2.07 bits per heavy atom. The number of anilines is 1. The van der Waals surface area contributed by atoms with Crippen molar-refractivity contribution in [3.63, 3.8) is 0 Å². The number of benzene rings is 1. The molecule has 3 aliphatic rings. The lowest BCUT2D eigenvalue weighted by molar-refractivity contribution is -0.0435. The number of nitrogens with two attached hydrogens (primary N) is 1. The Balaban J connectivity index is 1.72. The van der Waals surface area contributed by atoms with E-state index in [-0.39, 0.29) is 23.5 Å². The maximum absolute atomic E-state index is 15.4. The third kappa shape index (κ3) is 3.06. The highest BCUT2D eigenvalue weighted by Crippen LogP contribution is 2.41. The third-order valence-corrected chi connectivity index (χ3v) is 6.71. The zero-order valence-corrected chi connectivity index (χ0v) is 16.3. The summed E-state index contributed by atoms with van der Waals surface area (Å²) in [6.45, 7) is 2.60. The second kappa shape index (κ2) is 7.05. The van der Waals surface area contributed by atoms with Gasteiger partial charge in [-0.2, -0.15) is 0 Å². The van der Waals surface area contributed by atoms with E-state index in [2.05, 4.69) is 10.2 Å². The van der Waals surface area contributed by atoms with E-state index in [1.807, 2.05) is 4.57 Å². The minimum Gasteiger partial charge on any atom is -0.367 e. The molecule has 1 aliphatic carbocycles. The fourth-order valence-electron chi connectivity index (χ4n) is 5.17. The molecule has 156 valence electrons. The van der Waals surface area contributed by atoms with Gasteiger partial charge in [-0.25, -0.2) is 4.39 Å². The maximum atomic E-state index is 15.4. The van der Waals surface area contributed by atoms with Crippen molar-refractivity contribution in [2.75, 3.05) is 24.5 Å². The number of halogens is 1. The summed E-state index contributed by atoms with van der Waals surface area (Å²) in [5, 5.41) is 23.0. The summed E-state index contributed by atoms with van der Waals surface area (Å²) in [6, 6.07) is 1.77. The van der Waals surface area contributed by atoms with E-state index in [4.69, 9.17) is 5.73 Å². The first kappa shape index (κ1) is 19.0. The Bertz CT molecular complexity index is 1000. The van der Waals surface area contributed by atoms with E-state index in [0.717, 1.165) is 45.3 Å². The molecule has 5 N–H and O–H groups in total. The average molecular weight is 402 g/mol. The highest BCUT2D eigenvalue weighted by Gasteiger charge is 2.37. The summed E-state index contributed by atoms with van der Waals surface area (Å²) in [6.07, 6.45) is 3.76. The van der Waals surface area contributed by atoms with Crippen LogP contribution in [0, 0.1) is 11.7 Å². The van der Waals surface area contributed by atoms with Crippen LogP contribution in [0.1, 0.15) is 49.1 Å². The first-order valence-electron chi connectivity index (χ1n) is 10.4. The molecule has 0 amide bonds. The molecule has 0 unspecified atom stereocenters. The Morgan fingerprint density at radius 1 is 1.28 bits per heavy atom. The molecule has 3 fully saturated rings. The average Bonchev–Trinajstić information content (AvgIpc) is 3.45. The SMILES string of the molecule is NCc1c(N2C[C@@H]3CCCN[C@@H]3C2)c(F)cc2c(=O)c(C(O)O)cn(C3CC3)c12. The van der Waals surface area contributed by atoms with Crippen LogP contribution >= 0.6 is 0 Å². The standard InChI is InChI=1S/C21H27FN4O3/c22-16-6-13-18(26(12-3-4-12)9-15(20(13)27)21(28)29)14(7-23)19(16)25-8-11-2-1-5-24-17(11)10-25/h6,9,11-12,17,21,24,28-29H,1-5,7-8,10,23H2/t11-,17+/m0/s1. The number of hydrogen-bond donors (Lipinski definition) is 4. The fourth-order valence-corrected chi connectivity index (χ4v) is 5.17. The molecule has 1 aromatic heterocycles. The second-order valence-electron chi connectivity index (χ2n) is 8.58. The quantitative estimate of drug-likeness (QED) is 0.571. The molecule has 2 aromatic rings. The summed E-state index contributed by atoms with van der Waals surface area (Å²) in [4.78, 5) is 14.9. The number of nitrogens with one attached hydrogen (secondary N) is 1. The molecule has 2 saturated heterocycles. The first-order chi connectivity index (χ1) is 14.0. The minimum atomic E-state index is -1.89. The first-order valence-corrected chi connectivity index (χ1v) is 10.4. The smallest absolute Gasteiger partial charge is 0.197 e. The number of piperidine rings is 1. The van der Waals surface area contributed by atoms with Gasteiger partial charge in [-0.05, 0) is 44.2 Å². The van der Waals surface area contributed by atoms with Crippen molar-refractivity contribution in [2.24, 2.45) is 11.7 Å². The highest BCUT2D eigenvalue weighted by atomic mass is 19.1. The number of fused-ring (bicyclic) bond motifs is 2. The van der Waals surface area contributed by atoms with E-state index in [9.17, 15) is 15.0 Å². The molecule has 2 aliphatic heterocycles. The largest absolute Gasteiger partial charge is 0.367 e. The topological polar surface area (TPSA) is 104 Å². The van der Waals surface area contributed by atoms with Crippen LogP contribution in [0.5, 0.6) is 0 Å². The predicted octanol–water partition coefficient (Wildman–Crippen LogP) is 1.11.